The first-order valence-electron chi connectivity index (χ1n) is 11.9. The van der Waals surface area contributed by atoms with Crippen LogP contribution in [-0.4, -0.2) is 39.2 Å². The van der Waals surface area contributed by atoms with Crippen LogP contribution in [0.4, 0.5) is 11.4 Å². The number of aliphatic hydroxyl groups is 1. The molecule has 1 aliphatic heterocycles. The average Bonchev–Trinajstić information content (AvgIpc) is 3.50. The highest BCUT2D eigenvalue weighted by Gasteiger charge is 2.20. The topological polar surface area (TPSA) is 88.0 Å². The lowest BCUT2D eigenvalue weighted by Crippen LogP contribution is -2.21. The first-order chi connectivity index (χ1) is 17.0. The predicted molar refractivity (Wildman–Crippen MR) is 141 cm³/mol. The molecule has 35 heavy (non-hydrogen) atoms. The molecule has 176 valence electrons. The number of hydrogen-bond donors (Lipinski definition) is 3. The van der Waals surface area contributed by atoms with Crippen LogP contribution in [0.15, 0.2) is 54.9 Å². The summed E-state index contributed by atoms with van der Waals surface area (Å²) in [7, 11) is 0. The van der Waals surface area contributed by atoms with Crippen molar-refractivity contribution in [2.24, 2.45) is 0 Å². The van der Waals surface area contributed by atoms with E-state index in [0.717, 1.165) is 70.7 Å². The Labute approximate surface area is 205 Å². The van der Waals surface area contributed by atoms with Crippen LogP contribution in [0.2, 0.25) is 0 Å². The third kappa shape index (κ3) is 4.83. The van der Waals surface area contributed by atoms with Crippen molar-refractivity contribution in [3.05, 3.63) is 88.4 Å². The molecule has 0 spiro atoms. The Kier molecular flexibility index (Phi) is 6.37. The van der Waals surface area contributed by atoms with Crippen molar-refractivity contribution in [1.29, 1.82) is 5.26 Å². The van der Waals surface area contributed by atoms with Crippen molar-refractivity contribution in [2.45, 2.75) is 32.9 Å². The zero-order valence-corrected chi connectivity index (χ0v) is 20.0. The highest BCUT2D eigenvalue weighted by molar-refractivity contribution is 5.90. The number of rotatable bonds is 6. The second-order valence-electron chi connectivity index (χ2n) is 9.22. The molecule has 1 aliphatic rings. The molecule has 0 bridgehead atoms. The van der Waals surface area contributed by atoms with Gasteiger partial charge in [-0.05, 0) is 55.2 Å². The molecule has 1 atom stereocenters. The van der Waals surface area contributed by atoms with Gasteiger partial charge in [-0.15, -0.1) is 0 Å². The smallest absolute Gasteiger partial charge is 0.103 e. The molecule has 5 rings (SSSR count). The number of benzene rings is 2. The van der Waals surface area contributed by atoms with Crippen LogP contribution in [0, 0.1) is 25.2 Å². The fourth-order valence-electron chi connectivity index (χ4n) is 4.79. The number of anilines is 2. The molecule has 3 N–H and O–H groups in total. The van der Waals surface area contributed by atoms with Gasteiger partial charge in [-0.2, -0.15) is 5.26 Å². The zero-order chi connectivity index (χ0) is 24.4. The van der Waals surface area contributed by atoms with E-state index in [1.54, 1.807) is 6.20 Å². The van der Waals surface area contributed by atoms with Crippen LogP contribution in [-0.2, 0) is 6.54 Å². The monoisotopic (exact) mass is 463 g/mol. The van der Waals surface area contributed by atoms with Crippen molar-refractivity contribution in [2.75, 3.05) is 18.4 Å². The Morgan fingerprint density at radius 2 is 2.11 bits per heavy atom. The number of nitrogens with zero attached hydrogens (tertiary/aromatic N) is 3. The maximum absolute atomic E-state index is 9.81. The number of H-pyrrole nitrogens is 1. The van der Waals surface area contributed by atoms with Gasteiger partial charge in [0.2, 0.25) is 0 Å². The summed E-state index contributed by atoms with van der Waals surface area (Å²) < 4.78 is 0. The molecule has 0 amide bonds. The maximum atomic E-state index is 9.81. The number of pyridine rings is 1. The van der Waals surface area contributed by atoms with Crippen molar-refractivity contribution in [3.8, 4) is 6.07 Å². The van der Waals surface area contributed by atoms with Gasteiger partial charge in [-0.25, -0.2) is 0 Å². The van der Waals surface area contributed by atoms with E-state index in [0.29, 0.717) is 5.56 Å². The van der Waals surface area contributed by atoms with Gasteiger partial charge in [0.15, 0.2) is 0 Å². The molecule has 1 unspecified atom stereocenters. The van der Waals surface area contributed by atoms with Gasteiger partial charge in [-0.3, -0.25) is 9.88 Å². The number of nitrogens with one attached hydrogen (secondary N) is 2. The average molecular weight is 464 g/mol. The fraction of sp³-hybridized carbons (Fsp3) is 0.241. The van der Waals surface area contributed by atoms with Crippen LogP contribution in [0.25, 0.3) is 23.1 Å². The van der Waals surface area contributed by atoms with E-state index in [4.69, 9.17) is 0 Å². The van der Waals surface area contributed by atoms with Crippen molar-refractivity contribution in [1.82, 2.24) is 14.9 Å². The quantitative estimate of drug-likeness (QED) is 0.350. The van der Waals surface area contributed by atoms with Gasteiger partial charge < -0.3 is 15.4 Å². The number of aromatic nitrogens is 2. The standard InChI is InChI=1S/C29H29N5O/c1-19-25-10-12-31-28(25)9-8-27(19)33-29-23(15-30)16-32-20(2)26(29)7-6-21-4-3-5-22(14-21)17-34-13-11-24(35)18-34/h3-10,12,14,16,24,31,35H,11,13,17-18H2,1-2H3,(H,32,33)/b7-6+. The Bertz CT molecular complexity index is 1450. The molecule has 6 heteroatoms. The molecule has 0 radical (unpaired) electrons. The second kappa shape index (κ2) is 9.75. The Morgan fingerprint density at radius 1 is 1.23 bits per heavy atom. The van der Waals surface area contributed by atoms with E-state index in [9.17, 15) is 10.4 Å². The van der Waals surface area contributed by atoms with E-state index in [1.165, 1.54) is 5.56 Å². The van der Waals surface area contributed by atoms with Crippen LogP contribution in [0.5, 0.6) is 0 Å². The minimum absolute atomic E-state index is 0.214. The summed E-state index contributed by atoms with van der Waals surface area (Å²) in [6.07, 6.45) is 8.30. The van der Waals surface area contributed by atoms with Crippen LogP contribution >= 0.6 is 0 Å². The number of fused-ring (bicyclic) bond motifs is 1. The third-order valence-corrected chi connectivity index (χ3v) is 6.75. The lowest BCUT2D eigenvalue weighted by atomic mass is 10.0. The van der Waals surface area contributed by atoms with Gasteiger partial charge in [0.25, 0.3) is 0 Å². The first kappa shape index (κ1) is 22.9. The molecule has 2 aromatic carbocycles. The molecular weight excluding hydrogens is 434 g/mol. The molecule has 1 saturated heterocycles. The first-order valence-corrected chi connectivity index (χ1v) is 11.9. The number of hydrogen-bond acceptors (Lipinski definition) is 5. The minimum atomic E-state index is -0.214. The highest BCUT2D eigenvalue weighted by Crippen LogP contribution is 2.32. The number of aromatic amines is 1. The summed E-state index contributed by atoms with van der Waals surface area (Å²) in [6, 6.07) is 16.9. The second-order valence-corrected chi connectivity index (χ2v) is 9.22. The van der Waals surface area contributed by atoms with Crippen LogP contribution in [0.1, 0.15) is 39.9 Å². The highest BCUT2D eigenvalue weighted by atomic mass is 16.3. The molecule has 1 fully saturated rings. The number of aryl methyl sites for hydroxylation is 2. The van der Waals surface area contributed by atoms with Crippen molar-refractivity contribution >= 4 is 34.4 Å². The summed E-state index contributed by atoms with van der Waals surface area (Å²) in [5.41, 5.74) is 8.48. The van der Waals surface area contributed by atoms with Gasteiger partial charge in [-0.1, -0.05) is 36.4 Å². The Hall–Kier alpha value is -3.92. The fourth-order valence-corrected chi connectivity index (χ4v) is 4.79. The van der Waals surface area contributed by atoms with E-state index < -0.39 is 0 Å². The van der Waals surface area contributed by atoms with Crippen LogP contribution in [0.3, 0.4) is 0 Å². The molecule has 4 aromatic rings. The molecule has 2 aromatic heterocycles. The van der Waals surface area contributed by atoms with Gasteiger partial charge in [0.05, 0.1) is 17.4 Å². The largest absolute Gasteiger partial charge is 0.392 e. The Morgan fingerprint density at radius 3 is 2.91 bits per heavy atom. The lowest BCUT2D eigenvalue weighted by Gasteiger charge is -2.16. The van der Waals surface area contributed by atoms with E-state index in [-0.39, 0.29) is 6.10 Å². The maximum Gasteiger partial charge on any atom is 0.103 e. The number of nitriles is 1. The summed E-state index contributed by atoms with van der Waals surface area (Å²) in [4.78, 5) is 10.00. The van der Waals surface area contributed by atoms with E-state index >= 15 is 0 Å². The summed E-state index contributed by atoms with van der Waals surface area (Å²) in [5.74, 6) is 0. The van der Waals surface area contributed by atoms with Gasteiger partial charge in [0.1, 0.15) is 6.07 Å². The molecule has 0 saturated carbocycles. The number of β-amino-alcohol motifs (C(OH)–C–C–N with tert-alkyl or cyclic N) is 1. The van der Waals surface area contributed by atoms with E-state index in [1.807, 2.05) is 31.3 Å². The normalized spacial score (nSPS) is 16.2. The summed E-state index contributed by atoms with van der Waals surface area (Å²) in [6.45, 7) is 6.53. The number of aliphatic hydroxyl groups excluding tert-OH is 1. The Balaban J connectivity index is 1.45. The molecule has 0 aliphatic carbocycles. The number of likely N-dealkylation sites (tertiary alicyclic amines) is 1. The van der Waals surface area contributed by atoms with E-state index in [2.05, 4.69) is 69.6 Å². The van der Waals surface area contributed by atoms with Crippen LogP contribution < -0.4 is 5.32 Å². The predicted octanol–water partition coefficient (Wildman–Crippen LogP) is 5.53. The molecule has 3 heterocycles. The third-order valence-electron chi connectivity index (χ3n) is 6.75. The van der Waals surface area contributed by atoms with Crippen molar-refractivity contribution in [3.63, 3.8) is 0 Å². The molecular formula is C29H29N5O. The minimum Gasteiger partial charge on any atom is -0.392 e. The van der Waals surface area contributed by atoms with Gasteiger partial charge in [0, 0.05) is 59.9 Å². The SMILES string of the molecule is Cc1ncc(C#N)c(Nc2ccc3[nH]ccc3c2C)c1/C=C/c1cccc(CN2CCC(O)C2)c1. The molecule has 6 nitrogen and oxygen atoms in total. The summed E-state index contributed by atoms with van der Waals surface area (Å²) in [5, 5.41) is 24.3. The summed E-state index contributed by atoms with van der Waals surface area (Å²) >= 11 is 0. The van der Waals surface area contributed by atoms with Crippen molar-refractivity contribution < 1.29 is 5.11 Å². The lowest BCUT2D eigenvalue weighted by molar-refractivity contribution is 0.175. The van der Waals surface area contributed by atoms with Gasteiger partial charge >= 0.3 is 0 Å². The zero-order valence-electron chi connectivity index (χ0n) is 20.0.